The van der Waals surface area contributed by atoms with Gasteiger partial charge >= 0.3 is 0 Å². The molecule has 0 N–H and O–H groups in total. The molecule has 2 atom stereocenters. The average Bonchev–Trinajstić information content (AvgIpc) is 2.42. The van der Waals surface area contributed by atoms with Gasteiger partial charge in [-0.15, -0.1) is 0 Å². The molecule has 1 aliphatic carbocycles. The first-order valence-corrected chi connectivity index (χ1v) is 4.84. The van der Waals surface area contributed by atoms with Gasteiger partial charge in [0.1, 0.15) is 0 Å². The summed E-state index contributed by atoms with van der Waals surface area (Å²) in [6, 6.07) is 0.931. The fourth-order valence-electron chi connectivity index (χ4n) is 2.75. The monoisotopic (exact) mass is 153 g/mol. The number of hydrogen-bond acceptors (Lipinski definition) is 1. The summed E-state index contributed by atoms with van der Waals surface area (Å²) in [4.78, 5) is 2.70. The molecule has 0 aromatic heterocycles. The molecule has 1 saturated heterocycles. The van der Waals surface area contributed by atoms with Gasteiger partial charge in [-0.1, -0.05) is 0 Å². The third-order valence-electron chi connectivity index (χ3n) is 3.27. The molecule has 2 rings (SSSR count). The van der Waals surface area contributed by atoms with E-state index >= 15 is 0 Å². The van der Waals surface area contributed by atoms with E-state index in [1.165, 1.54) is 25.8 Å². The van der Waals surface area contributed by atoms with E-state index in [0.29, 0.717) is 5.54 Å². The number of hydrogen-bond donors (Lipinski definition) is 0. The molecule has 64 valence electrons. The maximum Gasteiger partial charge on any atom is 0.0128 e. The second-order valence-corrected chi connectivity index (χ2v) is 5.16. The van der Waals surface area contributed by atoms with Crippen LogP contribution in [0.2, 0.25) is 0 Å². The molecule has 1 heteroatoms. The van der Waals surface area contributed by atoms with E-state index in [9.17, 15) is 0 Å². The van der Waals surface area contributed by atoms with E-state index in [2.05, 4.69) is 25.7 Å². The highest BCUT2D eigenvalue weighted by atomic mass is 15.2. The van der Waals surface area contributed by atoms with Crippen LogP contribution < -0.4 is 0 Å². The van der Waals surface area contributed by atoms with Crippen molar-refractivity contribution in [3.63, 3.8) is 0 Å². The van der Waals surface area contributed by atoms with Gasteiger partial charge in [0.2, 0.25) is 0 Å². The van der Waals surface area contributed by atoms with E-state index < -0.39 is 0 Å². The molecule has 1 heterocycles. The van der Waals surface area contributed by atoms with Crippen LogP contribution in [0.1, 0.15) is 40.0 Å². The number of piperidine rings is 1. The molecule has 11 heavy (non-hydrogen) atoms. The maximum atomic E-state index is 2.70. The molecular weight excluding hydrogens is 134 g/mol. The normalized spacial score (nSPS) is 38.5. The Morgan fingerprint density at radius 1 is 1.18 bits per heavy atom. The standard InChI is InChI=1S/C10H19N/c1-10(2,3)11-7-8-4-5-9(11)6-8/h8-9H,4-7H2,1-3H3/t8-,9+/m0/s1. The summed E-state index contributed by atoms with van der Waals surface area (Å²) in [5.41, 5.74) is 0.417. The Balaban J connectivity index is 2.08. The Hall–Kier alpha value is -0.0400. The van der Waals surface area contributed by atoms with Crippen molar-refractivity contribution in [3.8, 4) is 0 Å². The van der Waals surface area contributed by atoms with Crippen LogP contribution in [-0.2, 0) is 0 Å². The molecule has 0 radical (unpaired) electrons. The first-order valence-electron chi connectivity index (χ1n) is 4.84. The Bertz CT molecular complexity index is 157. The summed E-state index contributed by atoms with van der Waals surface area (Å²) in [6.45, 7) is 8.39. The lowest BCUT2D eigenvalue weighted by molar-refractivity contribution is 0.0974. The van der Waals surface area contributed by atoms with Gasteiger partial charge in [0.25, 0.3) is 0 Å². The molecule has 0 aromatic carbocycles. The predicted molar refractivity (Wildman–Crippen MR) is 47.6 cm³/mol. The zero-order valence-corrected chi connectivity index (χ0v) is 7.93. The van der Waals surface area contributed by atoms with Crippen LogP contribution in [0.15, 0.2) is 0 Å². The third kappa shape index (κ3) is 1.20. The molecule has 0 aromatic rings. The summed E-state index contributed by atoms with van der Waals surface area (Å²) in [6.07, 6.45) is 4.44. The van der Waals surface area contributed by atoms with Crippen LogP contribution in [0.5, 0.6) is 0 Å². The highest BCUT2D eigenvalue weighted by molar-refractivity contribution is 4.96. The van der Waals surface area contributed by atoms with Gasteiger partial charge in [-0.05, 0) is 46.0 Å². The lowest BCUT2D eigenvalue weighted by atomic mass is 10.0. The van der Waals surface area contributed by atoms with Gasteiger partial charge < -0.3 is 0 Å². The van der Waals surface area contributed by atoms with Gasteiger partial charge in [0.15, 0.2) is 0 Å². The van der Waals surface area contributed by atoms with Crippen LogP contribution in [0.25, 0.3) is 0 Å². The van der Waals surface area contributed by atoms with Crippen molar-refractivity contribution in [1.29, 1.82) is 0 Å². The fourth-order valence-corrected chi connectivity index (χ4v) is 2.75. The summed E-state index contributed by atoms with van der Waals surface area (Å²) in [7, 11) is 0. The minimum absolute atomic E-state index is 0.417. The smallest absolute Gasteiger partial charge is 0.0128 e. The van der Waals surface area contributed by atoms with Gasteiger partial charge in [-0.2, -0.15) is 0 Å². The third-order valence-corrected chi connectivity index (χ3v) is 3.27. The lowest BCUT2D eigenvalue weighted by Crippen LogP contribution is -2.45. The average molecular weight is 153 g/mol. The Kier molecular flexibility index (Phi) is 1.54. The first kappa shape index (κ1) is 7.60. The molecule has 2 fully saturated rings. The molecule has 0 unspecified atom stereocenters. The number of nitrogens with zero attached hydrogens (tertiary/aromatic N) is 1. The quantitative estimate of drug-likeness (QED) is 0.516. The molecule has 2 aliphatic rings. The highest BCUT2D eigenvalue weighted by Gasteiger charge is 2.42. The maximum absolute atomic E-state index is 2.70. The number of rotatable bonds is 0. The van der Waals surface area contributed by atoms with Crippen LogP contribution in [0, 0.1) is 5.92 Å². The molecule has 1 saturated carbocycles. The van der Waals surface area contributed by atoms with Crippen molar-refractivity contribution in [2.75, 3.05) is 6.54 Å². The van der Waals surface area contributed by atoms with Crippen molar-refractivity contribution in [2.45, 2.75) is 51.6 Å². The molecule has 0 amide bonds. The second-order valence-electron chi connectivity index (χ2n) is 5.16. The van der Waals surface area contributed by atoms with Gasteiger partial charge in [-0.25, -0.2) is 0 Å². The van der Waals surface area contributed by atoms with E-state index in [0.717, 1.165) is 12.0 Å². The highest BCUT2D eigenvalue weighted by Crippen LogP contribution is 2.40. The molecule has 2 bridgehead atoms. The fraction of sp³-hybridized carbons (Fsp3) is 1.00. The summed E-state index contributed by atoms with van der Waals surface area (Å²) >= 11 is 0. The minimum atomic E-state index is 0.417. The predicted octanol–water partition coefficient (Wildman–Crippen LogP) is 2.27. The summed E-state index contributed by atoms with van der Waals surface area (Å²) in [5, 5.41) is 0. The topological polar surface area (TPSA) is 3.24 Å². The largest absolute Gasteiger partial charge is 0.295 e. The minimum Gasteiger partial charge on any atom is -0.295 e. The second kappa shape index (κ2) is 2.22. The zero-order valence-electron chi connectivity index (χ0n) is 7.93. The van der Waals surface area contributed by atoms with Crippen LogP contribution in [0.4, 0.5) is 0 Å². The van der Waals surface area contributed by atoms with Crippen molar-refractivity contribution < 1.29 is 0 Å². The van der Waals surface area contributed by atoms with Crippen LogP contribution >= 0.6 is 0 Å². The van der Waals surface area contributed by atoms with E-state index in [-0.39, 0.29) is 0 Å². The summed E-state index contributed by atoms with van der Waals surface area (Å²) < 4.78 is 0. The van der Waals surface area contributed by atoms with Gasteiger partial charge in [-0.3, -0.25) is 4.90 Å². The number of fused-ring (bicyclic) bond motifs is 2. The van der Waals surface area contributed by atoms with Gasteiger partial charge in [0.05, 0.1) is 0 Å². The Morgan fingerprint density at radius 2 is 1.91 bits per heavy atom. The van der Waals surface area contributed by atoms with Crippen molar-refractivity contribution in [3.05, 3.63) is 0 Å². The van der Waals surface area contributed by atoms with Gasteiger partial charge in [0, 0.05) is 18.1 Å². The zero-order chi connectivity index (χ0) is 8.06. The van der Waals surface area contributed by atoms with E-state index in [4.69, 9.17) is 0 Å². The first-order chi connectivity index (χ1) is 5.07. The van der Waals surface area contributed by atoms with Crippen molar-refractivity contribution >= 4 is 0 Å². The van der Waals surface area contributed by atoms with Crippen molar-refractivity contribution in [1.82, 2.24) is 4.90 Å². The van der Waals surface area contributed by atoms with Crippen LogP contribution in [0.3, 0.4) is 0 Å². The Morgan fingerprint density at radius 3 is 2.18 bits per heavy atom. The molecular formula is C10H19N. The van der Waals surface area contributed by atoms with Crippen molar-refractivity contribution in [2.24, 2.45) is 5.92 Å². The SMILES string of the molecule is CC(C)(C)N1C[C@H]2CC[C@@H]1C2. The molecule has 0 spiro atoms. The number of likely N-dealkylation sites (tertiary alicyclic amines) is 1. The van der Waals surface area contributed by atoms with Crippen LogP contribution in [-0.4, -0.2) is 23.0 Å². The van der Waals surface area contributed by atoms with E-state index in [1.54, 1.807) is 0 Å². The van der Waals surface area contributed by atoms with E-state index in [1.807, 2.05) is 0 Å². The summed E-state index contributed by atoms with van der Waals surface area (Å²) in [5.74, 6) is 1.04. The Labute approximate surface area is 69.8 Å². The lowest BCUT2D eigenvalue weighted by Gasteiger charge is -2.38. The molecule has 1 aliphatic heterocycles. The molecule has 1 nitrogen and oxygen atoms in total.